The number of nitrogens with one attached hydrogen (secondary N) is 1. The van der Waals surface area contributed by atoms with Gasteiger partial charge in [0.05, 0.1) is 0 Å². The minimum Gasteiger partial charge on any atom is -0.381 e. The Labute approximate surface area is 121 Å². The summed E-state index contributed by atoms with van der Waals surface area (Å²) >= 11 is 3.52. The van der Waals surface area contributed by atoms with Crippen molar-refractivity contribution in [2.45, 2.75) is 13.5 Å². The van der Waals surface area contributed by atoms with Crippen molar-refractivity contribution in [1.29, 1.82) is 0 Å². The number of primary amides is 1. The van der Waals surface area contributed by atoms with Crippen LogP contribution < -0.4 is 11.1 Å². The van der Waals surface area contributed by atoms with Crippen LogP contribution in [0.5, 0.6) is 0 Å². The Hall–Kier alpha value is -1.81. The molecule has 0 radical (unpaired) electrons. The van der Waals surface area contributed by atoms with Crippen LogP contribution in [-0.2, 0) is 6.54 Å². The van der Waals surface area contributed by atoms with Crippen molar-refractivity contribution in [2.75, 3.05) is 5.32 Å². The van der Waals surface area contributed by atoms with Gasteiger partial charge >= 0.3 is 0 Å². The van der Waals surface area contributed by atoms with E-state index >= 15 is 0 Å². The maximum absolute atomic E-state index is 11.0. The van der Waals surface area contributed by atoms with E-state index in [1.165, 1.54) is 11.1 Å². The summed E-state index contributed by atoms with van der Waals surface area (Å²) in [4.78, 5) is 11.0. The number of rotatable bonds is 4. The maximum atomic E-state index is 11.0. The third-order valence-corrected chi connectivity index (χ3v) is 3.76. The fraction of sp³-hybridized carbons (Fsp3) is 0.133. The van der Waals surface area contributed by atoms with E-state index in [1.54, 1.807) is 12.1 Å². The van der Waals surface area contributed by atoms with Gasteiger partial charge in [0.25, 0.3) is 0 Å². The molecule has 2 aromatic carbocycles. The summed E-state index contributed by atoms with van der Waals surface area (Å²) in [6.45, 7) is 2.79. The van der Waals surface area contributed by atoms with Crippen LogP contribution in [0.25, 0.3) is 0 Å². The summed E-state index contributed by atoms with van der Waals surface area (Å²) in [6.07, 6.45) is 0. The van der Waals surface area contributed by atoms with E-state index in [9.17, 15) is 4.79 Å². The molecule has 0 aliphatic heterocycles. The van der Waals surface area contributed by atoms with Crippen LogP contribution in [0.3, 0.4) is 0 Å². The number of nitrogens with two attached hydrogens (primary N) is 1. The molecule has 4 heteroatoms. The molecule has 3 N–H and O–H groups in total. The summed E-state index contributed by atoms with van der Waals surface area (Å²) in [6, 6.07) is 13.4. The number of hydrogen-bond acceptors (Lipinski definition) is 2. The van der Waals surface area contributed by atoms with Gasteiger partial charge in [-0.2, -0.15) is 0 Å². The summed E-state index contributed by atoms with van der Waals surface area (Å²) < 4.78 is 1.11. The topological polar surface area (TPSA) is 55.1 Å². The Morgan fingerprint density at radius 1 is 1.21 bits per heavy atom. The molecule has 0 aliphatic rings. The van der Waals surface area contributed by atoms with Crippen molar-refractivity contribution < 1.29 is 4.79 Å². The number of carbonyl (C=O) groups is 1. The zero-order valence-electron chi connectivity index (χ0n) is 10.6. The van der Waals surface area contributed by atoms with Crippen LogP contribution in [0.1, 0.15) is 21.5 Å². The molecule has 0 atom stereocenters. The molecule has 2 aromatic rings. The van der Waals surface area contributed by atoms with Gasteiger partial charge < -0.3 is 11.1 Å². The molecule has 0 bridgehead atoms. The molecule has 3 nitrogen and oxygen atoms in total. The Balaban J connectivity index is 2.01. The predicted octanol–water partition coefficient (Wildman–Crippen LogP) is 3.47. The first-order valence-electron chi connectivity index (χ1n) is 5.95. The zero-order valence-corrected chi connectivity index (χ0v) is 12.2. The van der Waals surface area contributed by atoms with Crippen LogP contribution in [0.2, 0.25) is 0 Å². The van der Waals surface area contributed by atoms with Gasteiger partial charge in [0, 0.05) is 22.3 Å². The first-order valence-corrected chi connectivity index (χ1v) is 6.74. The molecular weight excluding hydrogens is 304 g/mol. The Morgan fingerprint density at radius 3 is 2.47 bits per heavy atom. The molecule has 0 spiro atoms. The number of hydrogen-bond donors (Lipinski definition) is 2. The Morgan fingerprint density at radius 2 is 1.89 bits per heavy atom. The average molecular weight is 319 g/mol. The molecule has 1 amide bonds. The molecular formula is C15H15BrN2O. The molecule has 0 saturated carbocycles. The van der Waals surface area contributed by atoms with E-state index < -0.39 is 5.91 Å². The highest BCUT2D eigenvalue weighted by Crippen LogP contribution is 2.18. The third-order valence-electron chi connectivity index (χ3n) is 2.90. The van der Waals surface area contributed by atoms with Crippen molar-refractivity contribution in [3.63, 3.8) is 0 Å². The first-order chi connectivity index (χ1) is 9.06. The lowest BCUT2D eigenvalue weighted by atomic mass is 10.1. The monoisotopic (exact) mass is 318 g/mol. The van der Waals surface area contributed by atoms with Crippen molar-refractivity contribution >= 4 is 27.5 Å². The van der Waals surface area contributed by atoms with Gasteiger partial charge in [-0.3, -0.25) is 4.79 Å². The molecule has 19 heavy (non-hydrogen) atoms. The van der Waals surface area contributed by atoms with Gasteiger partial charge in [0.15, 0.2) is 0 Å². The summed E-state index contributed by atoms with van der Waals surface area (Å²) in [5.74, 6) is -0.408. The van der Waals surface area contributed by atoms with Gasteiger partial charge in [-0.15, -0.1) is 0 Å². The van der Waals surface area contributed by atoms with Gasteiger partial charge in [-0.05, 0) is 48.4 Å². The van der Waals surface area contributed by atoms with E-state index in [1.807, 2.05) is 12.1 Å². The number of benzene rings is 2. The number of aryl methyl sites for hydroxylation is 1. The second-order valence-corrected chi connectivity index (χ2v) is 5.23. The van der Waals surface area contributed by atoms with Gasteiger partial charge in [-0.25, -0.2) is 0 Å². The average Bonchev–Trinajstić information content (AvgIpc) is 2.40. The fourth-order valence-electron chi connectivity index (χ4n) is 1.70. The van der Waals surface area contributed by atoms with Crippen LogP contribution in [-0.4, -0.2) is 5.91 Å². The molecule has 0 fully saturated rings. The standard InChI is InChI=1S/C15H15BrN2O/c1-10-2-3-11(8-14(10)16)9-18-13-6-4-12(5-7-13)15(17)19/h2-8,18H,9H2,1H3,(H2,17,19). The molecule has 0 saturated heterocycles. The Kier molecular flexibility index (Phi) is 4.22. The second-order valence-electron chi connectivity index (χ2n) is 4.38. The largest absolute Gasteiger partial charge is 0.381 e. The van der Waals surface area contributed by atoms with Crippen molar-refractivity contribution in [1.82, 2.24) is 0 Å². The second kappa shape index (κ2) is 5.89. The van der Waals surface area contributed by atoms with Crippen molar-refractivity contribution in [3.8, 4) is 0 Å². The highest BCUT2D eigenvalue weighted by molar-refractivity contribution is 9.10. The highest BCUT2D eigenvalue weighted by Gasteiger charge is 2.00. The number of halogens is 1. The lowest BCUT2D eigenvalue weighted by Gasteiger charge is -2.08. The van der Waals surface area contributed by atoms with E-state index in [4.69, 9.17) is 5.73 Å². The highest BCUT2D eigenvalue weighted by atomic mass is 79.9. The number of amides is 1. The molecule has 0 unspecified atom stereocenters. The van der Waals surface area contributed by atoms with Gasteiger partial charge in [0.2, 0.25) is 5.91 Å². The van der Waals surface area contributed by atoms with Crippen LogP contribution in [0, 0.1) is 6.92 Å². The summed E-state index contributed by atoms with van der Waals surface area (Å²) in [7, 11) is 0. The van der Waals surface area contributed by atoms with Crippen molar-refractivity contribution in [2.24, 2.45) is 5.73 Å². The van der Waals surface area contributed by atoms with E-state index in [0.717, 1.165) is 16.7 Å². The Bertz CT molecular complexity index is 594. The van der Waals surface area contributed by atoms with Gasteiger partial charge in [-0.1, -0.05) is 28.1 Å². The fourth-order valence-corrected chi connectivity index (χ4v) is 2.13. The van der Waals surface area contributed by atoms with Crippen molar-refractivity contribution in [3.05, 3.63) is 63.6 Å². The normalized spacial score (nSPS) is 10.2. The number of anilines is 1. The molecule has 2 rings (SSSR count). The lowest BCUT2D eigenvalue weighted by molar-refractivity contribution is 0.100. The van der Waals surface area contributed by atoms with Crippen LogP contribution in [0.15, 0.2) is 46.9 Å². The SMILES string of the molecule is Cc1ccc(CNc2ccc(C(N)=O)cc2)cc1Br. The van der Waals surface area contributed by atoms with E-state index in [0.29, 0.717) is 5.56 Å². The van der Waals surface area contributed by atoms with Crippen LogP contribution >= 0.6 is 15.9 Å². The smallest absolute Gasteiger partial charge is 0.248 e. The molecule has 98 valence electrons. The summed E-state index contributed by atoms with van der Waals surface area (Å²) in [5, 5.41) is 3.30. The van der Waals surface area contributed by atoms with Crippen LogP contribution in [0.4, 0.5) is 5.69 Å². The first kappa shape index (κ1) is 13.6. The quantitative estimate of drug-likeness (QED) is 0.906. The minimum absolute atomic E-state index is 0.408. The third kappa shape index (κ3) is 3.58. The van der Waals surface area contributed by atoms with E-state index in [-0.39, 0.29) is 0 Å². The molecule has 0 heterocycles. The predicted molar refractivity (Wildman–Crippen MR) is 81.2 cm³/mol. The minimum atomic E-state index is -0.408. The lowest BCUT2D eigenvalue weighted by Crippen LogP contribution is -2.10. The summed E-state index contributed by atoms with van der Waals surface area (Å²) in [5.41, 5.74) is 9.08. The maximum Gasteiger partial charge on any atom is 0.248 e. The number of carbonyl (C=O) groups excluding carboxylic acids is 1. The zero-order chi connectivity index (χ0) is 13.8. The van der Waals surface area contributed by atoms with Gasteiger partial charge in [0.1, 0.15) is 0 Å². The molecule has 0 aliphatic carbocycles. The van der Waals surface area contributed by atoms with E-state index in [2.05, 4.69) is 46.4 Å². The molecule has 0 aromatic heterocycles.